The quantitative estimate of drug-likeness (QED) is 0.685. The molecule has 4 heteroatoms. The summed E-state index contributed by atoms with van der Waals surface area (Å²) in [7, 11) is 0. The minimum atomic E-state index is -0.319. The molecule has 0 bridgehead atoms. The lowest BCUT2D eigenvalue weighted by atomic mass is 10.2. The number of fused-ring (bicyclic) bond motifs is 1. The maximum Gasteiger partial charge on any atom is 0.138 e. The molecule has 0 saturated heterocycles. The molecule has 0 radical (unpaired) electrons. The Kier molecular flexibility index (Phi) is 3.13. The predicted molar refractivity (Wildman–Crippen MR) is 72.0 cm³/mol. The Labute approximate surface area is 114 Å². The van der Waals surface area contributed by atoms with E-state index in [4.69, 9.17) is 20.8 Å². The Hall–Kier alpha value is -2.00. The zero-order valence-corrected chi connectivity index (χ0v) is 10.7. The van der Waals surface area contributed by atoms with Gasteiger partial charge in [0.15, 0.2) is 0 Å². The van der Waals surface area contributed by atoms with E-state index in [-0.39, 0.29) is 5.82 Å². The van der Waals surface area contributed by atoms with Gasteiger partial charge in [-0.1, -0.05) is 23.7 Å². The molecule has 2 nitrogen and oxygen atoms in total. The first kappa shape index (κ1) is 12.1. The molecule has 3 rings (SSSR count). The largest absolute Gasteiger partial charge is 0.487 e. The van der Waals surface area contributed by atoms with Gasteiger partial charge in [-0.15, -0.1) is 0 Å². The molecule has 1 aromatic heterocycles. The van der Waals surface area contributed by atoms with Crippen molar-refractivity contribution in [3.63, 3.8) is 0 Å². The fourth-order valence-corrected chi connectivity index (χ4v) is 2.08. The van der Waals surface area contributed by atoms with E-state index in [9.17, 15) is 4.39 Å². The van der Waals surface area contributed by atoms with Gasteiger partial charge >= 0.3 is 0 Å². The lowest BCUT2D eigenvalue weighted by Gasteiger charge is -2.06. The Morgan fingerprint density at radius 2 is 2.00 bits per heavy atom. The van der Waals surface area contributed by atoms with Crippen LogP contribution in [0, 0.1) is 5.82 Å². The molecule has 0 aliphatic carbocycles. The van der Waals surface area contributed by atoms with Crippen molar-refractivity contribution in [1.82, 2.24) is 0 Å². The Balaban J connectivity index is 1.84. The summed E-state index contributed by atoms with van der Waals surface area (Å²) in [4.78, 5) is 0. The summed E-state index contributed by atoms with van der Waals surface area (Å²) in [6.07, 6.45) is 1.57. The lowest BCUT2D eigenvalue weighted by Crippen LogP contribution is -1.94. The van der Waals surface area contributed by atoms with E-state index in [2.05, 4.69) is 0 Å². The molecule has 0 N–H and O–H groups in total. The van der Waals surface area contributed by atoms with Crippen molar-refractivity contribution >= 4 is 22.6 Å². The summed E-state index contributed by atoms with van der Waals surface area (Å²) >= 11 is 6.01. The van der Waals surface area contributed by atoms with Gasteiger partial charge in [-0.2, -0.15) is 0 Å². The Morgan fingerprint density at radius 1 is 1.16 bits per heavy atom. The van der Waals surface area contributed by atoms with E-state index in [1.54, 1.807) is 24.5 Å². The number of halogens is 2. The van der Waals surface area contributed by atoms with Gasteiger partial charge in [0.1, 0.15) is 23.8 Å². The van der Waals surface area contributed by atoms with Crippen LogP contribution in [0.1, 0.15) is 5.56 Å². The zero-order valence-electron chi connectivity index (χ0n) is 9.90. The second kappa shape index (κ2) is 4.94. The summed E-state index contributed by atoms with van der Waals surface area (Å²) in [5.41, 5.74) is 1.37. The number of para-hydroxylation sites is 1. The molecule has 0 aliphatic rings. The van der Waals surface area contributed by atoms with Gasteiger partial charge in [0.2, 0.25) is 0 Å². The van der Waals surface area contributed by atoms with Crippen LogP contribution < -0.4 is 4.74 Å². The van der Waals surface area contributed by atoms with E-state index in [1.165, 1.54) is 12.1 Å². The first-order valence-corrected chi connectivity index (χ1v) is 6.15. The monoisotopic (exact) mass is 276 g/mol. The second-order valence-corrected chi connectivity index (χ2v) is 4.53. The fourth-order valence-electron chi connectivity index (χ4n) is 1.89. The van der Waals surface area contributed by atoms with Gasteiger partial charge in [0.05, 0.1) is 11.3 Å². The van der Waals surface area contributed by atoms with E-state index < -0.39 is 0 Å². The molecule has 0 unspecified atom stereocenters. The second-order valence-electron chi connectivity index (χ2n) is 4.12. The molecule has 19 heavy (non-hydrogen) atoms. The minimum absolute atomic E-state index is 0.319. The molecule has 0 spiro atoms. The summed E-state index contributed by atoms with van der Waals surface area (Å²) in [6, 6.07) is 11.7. The highest BCUT2D eigenvalue weighted by Crippen LogP contribution is 2.27. The molecule has 0 amide bonds. The van der Waals surface area contributed by atoms with Gasteiger partial charge in [-0.25, -0.2) is 4.39 Å². The van der Waals surface area contributed by atoms with Crippen molar-refractivity contribution < 1.29 is 13.5 Å². The fraction of sp³-hybridized carbons (Fsp3) is 0.0667. The number of furan rings is 1. The Morgan fingerprint density at radius 3 is 2.84 bits per heavy atom. The van der Waals surface area contributed by atoms with Crippen LogP contribution in [0.15, 0.2) is 53.1 Å². The molecule has 3 aromatic rings. The van der Waals surface area contributed by atoms with Crippen LogP contribution in [0.4, 0.5) is 4.39 Å². The SMILES string of the molecule is Fc1ccc2c(COc3ccccc3Cl)coc2c1. The van der Waals surface area contributed by atoms with Crippen LogP contribution in [0.3, 0.4) is 0 Å². The molecular formula is C15H10ClFO2. The highest BCUT2D eigenvalue weighted by molar-refractivity contribution is 6.32. The van der Waals surface area contributed by atoms with Crippen LogP contribution in [0.2, 0.25) is 5.02 Å². The Bertz CT molecular complexity index is 721. The third-order valence-corrected chi connectivity index (χ3v) is 3.15. The highest BCUT2D eigenvalue weighted by Gasteiger charge is 2.08. The van der Waals surface area contributed by atoms with Gasteiger partial charge in [0.25, 0.3) is 0 Å². The number of ether oxygens (including phenoxy) is 1. The zero-order chi connectivity index (χ0) is 13.2. The molecule has 0 atom stereocenters. The van der Waals surface area contributed by atoms with E-state index in [0.717, 1.165) is 10.9 Å². The molecule has 96 valence electrons. The van der Waals surface area contributed by atoms with Crippen LogP contribution >= 0.6 is 11.6 Å². The highest BCUT2D eigenvalue weighted by atomic mass is 35.5. The molecule has 2 aromatic carbocycles. The van der Waals surface area contributed by atoms with Crippen LogP contribution in [-0.4, -0.2) is 0 Å². The average Bonchev–Trinajstić information content (AvgIpc) is 2.80. The number of rotatable bonds is 3. The van der Waals surface area contributed by atoms with Crippen LogP contribution in [-0.2, 0) is 6.61 Å². The summed E-state index contributed by atoms with van der Waals surface area (Å²) in [5, 5.41) is 1.40. The van der Waals surface area contributed by atoms with Gasteiger partial charge in [-0.05, 0) is 24.3 Å². The standard InChI is InChI=1S/C15H10ClFO2/c16-13-3-1-2-4-14(13)18-8-10-9-19-15-7-11(17)5-6-12(10)15/h1-7,9H,8H2. The van der Waals surface area contributed by atoms with Crippen molar-refractivity contribution in [2.45, 2.75) is 6.61 Å². The van der Waals surface area contributed by atoms with Crippen molar-refractivity contribution in [2.24, 2.45) is 0 Å². The smallest absolute Gasteiger partial charge is 0.138 e. The van der Waals surface area contributed by atoms with Gasteiger partial charge in [-0.3, -0.25) is 0 Å². The lowest BCUT2D eigenvalue weighted by molar-refractivity contribution is 0.306. The van der Waals surface area contributed by atoms with Crippen molar-refractivity contribution in [2.75, 3.05) is 0 Å². The summed E-state index contributed by atoms with van der Waals surface area (Å²) in [6.45, 7) is 0.322. The van der Waals surface area contributed by atoms with Gasteiger partial charge in [0, 0.05) is 17.0 Å². The van der Waals surface area contributed by atoms with Crippen LogP contribution in [0.25, 0.3) is 11.0 Å². The molecule has 0 saturated carbocycles. The van der Waals surface area contributed by atoms with Crippen molar-refractivity contribution in [3.8, 4) is 5.75 Å². The van der Waals surface area contributed by atoms with E-state index in [1.807, 2.05) is 12.1 Å². The summed E-state index contributed by atoms with van der Waals surface area (Å²) < 4.78 is 24.0. The topological polar surface area (TPSA) is 22.4 Å². The number of hydrogen-bond donors (Lipinski definition) is 0. The van der Waals surface area contributed by atoms with Crippen molar-refractivity contribution in [1.29, 1.82) is 0 Å². The summed E-state index contributed by atoms with van der Waals surface area (Å²) in [5.74, 6) is 0.293. The van der Waals surface area contributed by atoms with Gasteiger partial charge < -0.3 is 9.15 Å². The first-order valence-electron chi connectivity index (χ1n) is 5.77. The normalized spacial score (nSPS) is 10.8. The number of hydrogen-bond acceptors (Lipinski definition) is 2. The maximum absolute atomic E-state index is 13.0. The third kappa shape index (κ3) is 2.42. The molecule has 1 heterocycles. The van der Waals surface area contributed by atoms with Crippen molar-refractivity contribution in [3.05, 3.63) is 65.1 Å². The molecule has 0 fully saturated rings. The van der Waals surface area contributed by atoms with E-state index in [0.29, 0.717) is 23.0 Å². The minimum Gasteiger partial charge on any atom is -0.487 e. The average molecular weight is 277 g/mol. The maximum atomic E-state index is 13.0. The molecular weight excluding hydrogens is 267 g/mol. The third-order valence-electron chi connectivity index (χ3n) is 2.84. The molecule has 0 aliphatic heterocycles. The van der Waals surface area contributed by atoms with Crippen LogP contribution in [0.5, 0.6) is 5.75 Å². The number of benzene rings is 2. The predicted octanol–water partition coefficient (Wildman–Crippen LogP) is 4.80. The first-order chi connectivity index (χ1) is 9.24. The van der Waals surface area contributed by atoms with E-state index >= 15 is 0 Å².